The quantitative estimate of drug-likeness (QED) is 0.871. The fraction of sp³-hybridized carbons (Fsp3) is 0.375. The van der Waals surface area contributed by atoms with Crippen LogP contribution in [0, 0.1) is 11.7 Å². The van der Waals surface area contributed by atoms with Crippen molar-refractivity contribution in [2.75, 3.05) is 19.6 Å². The molecule has 3 heterocycles. The van der Waals surface area contributed by atoms with Gasteiger partial charge in [-0.1, -0.05) is 12.1 Å². The van der Waals surface area contributed by atoms with E-state index < -0.39 is 0 Å². The lowest BCUT2D eigenvalue weighted by Gasteiger charge is -2.43. The molecular weight excluding hydrogens is 301 g/mol. The van der Waals surface area contributed by atoms with E-state index in [0.29, 0.717) is 17.7 Å². The average molecular weight is 317 g/mol. The summed E-state index contributed by atoms with van der Waals surface area (Å²) in [7, 11) is 0. The van der Waals surface area contributed by atoms with Gasteiger partial charge in [-0.15, -0.1) is 11.3 Å². The molecule has 2 fully saturated rings. The number of hydrogen-bond donors (Lipinski definition) is 0. The first kappa shape index (κ1) is 13.8. The Morgan fingerprint density at radius 1 is 1.36 bits per heavy atom. The van der Waals surface area contributed by atoms with Crippen LogP contribution in [0.1, 0.15) is 16.1 Å². The lowest BCUT2D eigenvalue weighted by Crippen LogP contribution is -2.54. The maximum absolute atomic E-state index is 13.3. The summed E-state index contributed by atoms with van der Waals surface area (Å²) in [6, 6.07) is 7.14. The van der Waals surface area contributed by atoms with Crippen LogP contribution >= 0.6 is 11.3 Å². The van der Waals surface area contributed by atoms with E-state index in [1.807, 2.05) is 11.0 Å². The van der Waals surface area contributed by atoms with Crippen LogP contribution in [-0.2, 0) is 6.54 Å². The number of benzene rings is 1. The van der Waals surface area contributed by atoms with Gasteiger partial charge in [0.05, 0.1) is 5.51 Å². The van der Waals surface area contributed by atoms with E-state index in [4.69, 9.17) is 0 Å². The number of carbonyl (C=O) groups is 1. The minimum atomic E-state index is -0.193. The van der Waals surface area contributed by atoms with Crippen LogP contribution in [-0.4, -0.2) is 46.4 Å². The Morgan fingerprint density at radius 3 is 3.05 bits per heavy atom. The summed E-state index contributed by atoms with van der Waals surface area (Å²) in [4.78, 5) is 20.7. The number of carbonyl (C=O) groups excluding carboxylic acids is 1. The van der Waals surface area contributed by atoms with Crippen molar-refractivity contribution in [3.63, 3.8) is 0 Å². The average Bonchev–Trinajstić information content (AvgIpc) is 3.12. The molecule has 114 valence electrons. The number of amides is 1. The summed E-state index contributed by atoms with van der Waals surface area (Å²) in [6.07, 6.45) is 0. The molecule has 4 rings (SSSR count). The topological polar surface area (TPSA) is 36.4 Å². The van der Waals surface area contributed by atoms with Crippen molar-refractivity contribution in [2.45, 2.75) is 12.6 Å². The molecule has 1 amide bonds. The molecule has 0 saturated carbocycles. The van der Waals surface area contributed by atoms with E-state index in [1.165, 1.54) is 17.4 Å². The Hall–Kier alpha value is -1.79. The van der Waals surface area contributed by atoms with Gasteiger partial charge < -0.3 is 4.90 Å². The molecule has 2 aromatic rings. The molecule has 0 radical (unpaired) electrons. The van der Waals surface area contributed by atoms with Gasteiger partial charge in [0.25, 0.3) is 5.91 Å². The van der Waals surface area contributed by atoms with Crippen LogP contribution in [0.2, 0.25) is 0 Å². The molecule has 0 N–H and O–H groups in total. The molecule has 2 saturated heterocycles. The monoisotopic (exact) mass is 317 g/mol. The second-order valence-electron chi connectivity index (χ2n) is 5.97. The van der Waals surface area contributed by atoms with Crippen molar-refractivity contribution in [3.8, 4) is 0 Å². The third kappa shape index (κ3) is 2.42. The van der Waals surface area contributed by atoms with Crippen LogP contribution < -0.4 is 0 Å². The smallest absolute Gasteiger partial charge is 0.273 e. The fourth-order valence-corrected chi connectivity index (χ4v) is 3.97. The van der Waals surface area contributed by atoms with Crippen LogP contribution in [0.15, 0.2) is 35.2 Å². The molecule has 2 aliphatic heterocycles. The number of halogens is 1. The number of thiazole rings is 1. The SMILES string of the molecule is O=C(c1cscn1)N1CC2CN(Cc3cccc(F)c3)C2C1. The lowest BCUT2D eigenvalue weighted by atomic mass is 9.91. The minimum Gasteiger partial charge on any atom is -0.335 e. The number of rotatable bonds is 3. The second kappa shape index (κ2) is 5.44. The van der Waals surface area contributed by atoms with E-state index in [0.717, 1.165) is 31.7 Å². The summed E-state index contributed by atoms with van der Waals surface area (Å²) < 4.78 is 13.3. The predicted octanol–water partition coefficient (Wildman–Crippen LogP) is 2.24. The van der Waals surface area contributed by atoms with Gasteiger partial charge in [0.15, 0.2) is 0 Å². The molecule has 4 nitrogen and oxygen atoms in total. The highest BCUT2D eigenvalue weighted by Crippen LogP contribution is 2.34. The summed E-state index contributed by atoms with van der Waals surface area (Å²) >= 11 is 1.44. The molecule has 0 aliphatic carbocycles. The number of nitrogens with zero attached hydrogens (tertiary/aromatic N) is 3. The van der Waals surface area contributed by atoms with Gasteiger partial charge in [-0.25, -0.2) is 9.37 Å². The largest absolute Gasteiger partial charge is 0.335 e. The standard InChI is InChI=1S/C16H16FN3OS/c17-13-3-1-2-11(4-13)5-19-6-12-7-20(8-15(12)19)16(21)14-9-22-10-18-14/h1-4,9-10,12,15H,5-8H2. The van der Waals surface area contributed by atoms with E-state index in [2.05, 4.69) is 9.88 Å². The van der Waals surface area contributed by atoms with Crippen LogP contribution in [0.25, 0.3) is 0 Å². The zero-order valence-corrected chi connectivity index (χ0v) is 12.8. The summed E-state index contributed by atoms with van der Waals surface area (Å²) in [6.45, 7) is 3.27. The van der Waals surface area contributed by atoms with Gasteiger partial charge in [-0.2, -0.15) is 0 Å². The third-order valence-electron chi connectivity index (χ3n) is 4.56. The normalized spacial score (nSPS) is 24.1. The zero-order chi connectivity index (χ0) is 15.1. The first-order valence-corrected chi connectivity index (χ1v) is 8.31. The second-order valence-corrected chi connectivity index (χ2v) is 6.69. The molecule has 0 bridgehead atoms. The number of likely N-dealkylation sites (tertiary alicyclic amines) is 2. The minimum absolute atomic E-state index is 0.0290. The lowest BCUT2D eigenvalue weighted by molar-refractivity contribution is 0.0432. The fourth-order valence-electron chi connectivity index (χ4n) is 3.44. The molecule has 1 aromatic carbocycles. The Balaban J connectivity index is 1.40. The van der Waals surface area contributed by atoms with Crippen molar-refractivity contribution in [2.24, 2.45) is 5.92 Å². The number of fused-ring (bicyclic) bond motifs is 1. The van der Waals surface area contributed by atoms with E-state index >= 15 is 0 Å². The highest BCUT2D eigenvalue weighted by atomic mass is 32.1. The van der Waals surface area contributed by atoms with Crippen molar-refractivity contribution in [1.29, 1.82) is 0 Å². The number of hydrogen-bond acceptors (Lipinski definition) is 4. The molecule has 2 atom stereocenters. The van der Waals surface area contributed by atoms with Gasteiger partial charge in [0, 0.05) is 43.5 Å². The Bertz CT molecular complexity index is 690. The number of aromatic nitrogens is 1. The maximum Gasteiger partial charge on any atom is 0.273 e. The zero-order valence-electron chi connectivity index (χ0n) is 12.0. The maximum atomic E-state index is 13.3. The van der Waals surface area contributed by atoms with Gasteiger partial charge >= 0.3 is 0 Å². The summed E-state index contributed by atoms with van der Waals surface area (Å²) in [5.41, 5.74) is 3.22. The highest BCUT2D eigenvalue weighted by Gasteiger charge is 2.46. The van der Waals surface area contributed by atoms with Gasteiger partial charge in [-0.3, -0.25) is 9.69 Å². The van der Waals surface area contributed by atoms with Crippen LogP contribution in [0.5, 0.6) is 0 Å². The molecule has 6 heteroatoms. The van der Waals surface area contributed by atoms with E-state index in [-0.39, 0.29) is 11.7 Å². The Labute approximate surface area is 132 Å². The third-order valence-corrected chi connectivity index (χ3v) is 5.14. The van der Waals surface area contributed by atoms with Gasteiger partial charge in [0.2, 0.25) is 0 Å². The Kier molecular flexibility index (Phi) is 3.43. The summed E-state index contributed by atoms with van der Waals surface area (Å²) in [5, 5.41) is 1.80. The molecule has 0 spiro atoms. The van der Waals surface area contributed by atoms with E-state index in [9.17, 15) is 9.18 Å². The van der Waals surface area contributed by atoms with Gasteiger partial charge in [-0.05, 0) is 17.7 Å². The molecule has 2 aliphatic rings. The van der Waals surface area contributed by atoms with Crippen LogP contribution in [0.3, 0.4) is 0 Å². The van der Waals surface area contributed by atoms with E-state index in [1.54, 1.807) is 23.0 Å². The predicted molar refractivity (Wildman–Crippen MR) is 82.1 cm³/mol. The van der Waals surface area contributed by atoms with Gasteiger partial charge in [0.1, 0.15) is 11.5 Å². The van der Waals surface area contributed by atoms with Crippen LogP contribution in [0.4, 0.5) is 4.39 Å². The molecular formula is C16H16FN3OS. The Morgan fingerprint density at radius 2 is 2.27 bits per heavy atom. The highest BCUT2D eigenvalue weighted by molar-refractivity contribution is 7.07. The molecule has 22 heavy (non-hydrogen) atoms. The van der Waals surface area contributed by atoms with Crippen molar-refractivity contribution in [1.82, 2.24) is 14.8 Å². The molecule has 2 unspecified atom stereocenters. The molecule has 1 aromatic heterocycles. The summed E-state index contributed by atoms with van der Waals surface area (Å²) in [5.74, 6) is 0.374. The first-order valence-electron chi connectivity index (χ1n) is 7.36. The van der Waals surface area contributed by atoms with Crippen molar-refractivity contribution >= 4 is 17.2 Å². The van der Waals surface area contributed by atoms with Crippen molar-refractivity contribution < 1.29 is 9.18 Å². The van der Waals surface area contributed by atoms with Crippen molar-refractivity contribution in [3.05, 3.63) is 52.2 Å². The first-order chi connectivity index (χ1) is 10.7.